The van der Waals surface area contributed by atoms with E-state index in [0.29, 0.717) is 28.1 Å². The monoisotopic (exact) mass is 327 g/mol. The molecule has 2 N–H and O–H groups in total. The van der Waals surface area contributed by atoms with Gasteiger partial charge in [0.05, 0.1) is 10.5 Å². The summed E-state index contributed by atoms with van der Waals surface area (Å²) in [7, 11) is 0. The smallest absolute Gasteiger partial charge is 0.337 e. The van der Waals surface area contributed by atoms with E-state index >= 15 is 0 Å². The Hall–Kier alpha value is -3.49. The van der Waals surface area contributed by atoms with Crippen LogP contribution < -0.4 is 5.32 Å². The molecular formula is C15H13N5O4. The summed E-state index contributed by atoms with van der Waals surface area (Å²) in [6.07, 6.45) is 2.68. The molecule has 0 aliphatic rings. The number of carbonyl (C=O) groups is 1. The summed E-state index contributed by atoms with van der Waals surface area (Å²) in [6.45, 7) is 3.31. The fourth-order valence-electron chi connectivity index (χ4n) is 2.49. The van der Waals surface area contributed by atoms with E-state index < -0.39 is 10.9 Å². The van der Waals surface area contributed by atoms with Crippen molar-refractivity contribution < 1.29 is 14.8 Å². The number of carboxylic acid groups (broad SMARTS) is 1. The number of nitrogens with zero attached hydrogens (tertiary/aromatic N) is 4. The van der Waals surface area contributed by atoms with Gasteiger partial charge < -0.3 is 10.4 Å². The Bertz CT molecular complexity index is 979. The Morgan fingerprint density at radius 3 is 2.79 bits per heavy atom. The Morgan fingerprint density at radius 2 is 2.12 bits per heavy atom. The first-order valence-electron chi connectivity index (χ1n) is 6.97. The van der Waals surface area contributed by atoms with Gasteiger partial charge in [0.25, 0.3) is 5.69 Å². The third-order valence-corrected chi connectivity index (χ3v) is 3.73. The van der Waals surface area contributed by atoms with Gasteiger partial charge in [0, 0.05) is 23.5 Å². The molecule has 0 aliphatic carbocycles. The number of aromatic carboxylic acids is 1. The van der Waals surface area contributed by atoms with Crippen molar-refractivity contribution in [1.29, 1.82) is 0 Å². The van der Waals surface area contributed by atoms with Crippen LogP contribution in [0.3, 0.4) is 0 Å². The van der Waals surface area contributed by atoms with E-state index in [2.05, 4.69) is 15.4 Å². The molecule has 9 heteroatoms. The highest BCUT2D eigenvalue weighted by atomic mass is 16.6. The largest absolute Gasteiger partial charge is 0.478 e. The SMILES string of the molecule is Cc1ccc(Nc2ncnn3cc(C(=O)O)c(C)c23)cc1[N+](=O)[O-]. The Balaban J connectivity index is 2.09. The van der Waals surface area contributed by atoms with Gasteiger partial charge in [-0.1, -0.05) is 6.07 Å². The lowest BCUT2D eigenvalue weighted by molar-refractivity contribution is -0.385. The zero-order valence-electron chi connectivity index (χ0n) is 12.8. The highest BCUT2D eigenvalue weighted by molar-refractivity contribution is 5.94. The van der Waals surface area contributed by atoms with Gasteiger partial charge in [0.15, 0.2) is 5.82 Å². The van der Waals surface area contributed by atoms with Gasteiger partial charge >= 0.3 is 5.97 Å². The van der Waals surface area contributed by atoms with Crippen molar-refractivity contribution in [3.05, 3.63) is 57.5 Å². The molecule has 0 saturated heterocycles. The topological polar surface area (TPSA) is 123 Å². The van der Waals surface area contributed by atoms with Gasteiger partial charge in [0.1, 0.15) is 11.8 Å². The van der Waals surface area contributed by atoms with Crippen LogP contribution in [0.2, 0.25) is 0 Å². The first-order chi connectivity index (χ1) is 11.4. The minimum atomic E-state index is -1.06. The third kappa shape index (κ3) is 2.51. The summed E-state index contributed by atoms with van der Waals surface area (Å²) in [5, 5.41) is 27.3. The summed E-state index contributed by atoms with van der Waals surface area (Å²) in [5.74, 6) is -0.692. The molecule has 0 atom stereocenters. The van der Waals surface area contributed by atoms with Crippen LogP contribution in [0.5, 0.6) is 0 Å². The Morgan fingerprint density at radius 1 is 1.38 bits per heavy atom. The van der Waals surface area contributed by atoms with E-state index in [1.54, 1.807) is 26.0 Å². The van der Waals surface area contributed by atoms with Gasteiger partial charge in [0.2, 0.25) is 0 Å². The van der Waals surface area contributed by atoms with Gasteiger partial charge in [-0.05, 0) is 25.5 Å². The summed E-state index contributed by atoms with van der Waals surface area (Å²) in [5.41, 5.74) is 2.14. The average Bonchev–Trinajstić information content (AvgIpc) is 2.87. The van der Waals surface area contributed by atoms with Gasteiger partial charge in [-0.3, -0.25) is 10.1 Å². The van der Waals surface area contributed by atoms with Gasteiger partial charge in [-0.2, -0.15) is 5.10 Å². The van der Waals surface area contributed by atoms with Crippen molar-refractivity contribution in [3.8, 4) is 0 Å². The van der Waals surface area contributed by atoms with Crippen LogP contribution in [-0.4, -0.2) is 30.6 Å². The minimum absolute atomic E-state index is 0.0107. The van der Waals surface area contributed by atoms with Crippen molar-refractivity contribution >= 4 is 28.7 Å². The fraction of sp³-hybridized carbons (Fsp3) is 0.133. The second-order valence-corrected chi connectivity index (χ2v) is 5.26. The van der Waals surface area contributed by atoms with Crippen LogP contribution in [0.1, 0.15) is 21.5 Å². The summed E-state index contributed by atoms with van der Waals surface area (Å²) in [4.78, 5) is 26.0. The van der Waals surface area contributed by atoms with Gasteiger partial charge in [-0.15, -0.1) is 0 Å². The lowest BCUT2D eigenvalue weighted by Gasteiger charge is -2.08. The van der Waals surface area contributed by atoms with Crippen molar-refractivity contribution in [2.45, 2.75) is 13.8 Å². The van der Waals surface area contributed by atoms with E-state index in [4.69, 9.17) is 0 Å². The number of benzene rings is 1. The molecule has 0 fully saturated rings. The van der Waals surface area contributed by atoms with Crippen LogP contribution in [0.15, 0.2) is 30.7 Å². The Labute approximate surface area is 135 Å². The van der Waals surface area contributed by atoms with E-state index in [-0.39, 0.29) is 11.3 Å². The summed E-state index contributed by atoms with van der Waals surface area (Å²) >= 11 is 0. The first kappa shape index (κ1) is 15.4. The predicted molar refractivity (Wildman–Crippen MR) is 85.8 cm³/mol. The number of nitrogens with one attached hydrogen (secondary N) is 1. The molecule has 0 spiro atoms. The number of hydrogen-bond acceptors (Lipinski definition) is 6. The van der Waals surface area contributed by atoms with Crippen molar-refractivity contribution in [1.82, 2.24) is 14.6 Å². The standard InChI is InChI=1S/C15H13N5O4/c1-8-3-4-10(5-12(8)20(23)24)18-14-13-9(2)11(15(21)22)6-19(13)17-7-16-14/h3-7H,1-2H3,(H,21,22)(H,16,17,18). The zero-order valence-corrected chi connectivity index (χ0v) is 12.8. The molecule has 2 aromatic heterocycles. The highest BCUT2D eigenvalue weighted by Crippen LogP contribution is 2.28. The maximum atomic E-state index is 11.3. The lowest BCUT2D eigenvalue weighted by Crippen LogP contribution is -2.01. The molecule has 9 nitrogen and oxygen atoms in total. The third-order valence-electron chi connectivity index (χ3n) is 3.73. The molecule has 0 saturated carbocycles. The first-order valence-corrected chi connectivity index (χ1v) is 6.97. The summed E-state index contributed by atoms with van der Waals surface area (Å²) in [6, 6.07) is 4.73. The maximum Gasteiger partial charge on any atom is 0.337 e. The molecule has 0 bridgehead atoms. The number of carboxylic acids is 1. The van der Waals surface area contributed by atoms with Crippen LogP contribution in [0.4, 0.5) is 17.2 Å². The Kier molecular flexibility index (Phi) is 3.60. The van der Waals surface area contributed by atoms with Crippen LogP contribution >= 0.6 is 0 Å². The molecule has 0 radical (unpaired) electrons. The quantitative estimate of drug-likeness (QED) is 0.558. The molecule has 3 rings (SSSR count). The number of anilines is 2. The highest BCUT2D eigenvalue weighted by Gasteiger charge is 2.18. The van der Waals surface area contributed by atoms with Crippen LogP contribution in [0.25, 0.3) is 5.52 Å². The molecule has 0 unspecified atom stereocenters. The molecular weight excluding hydrogens is 314 g/mol. The van der Waals surface area contributed by atoms with Crippen molar-refractivity contribution in [2.24, 2.45) is 0 Å². The number of nitro groups is 1. The number of fused-ring (bicyclic) bond motifs is 1. The van der Waals surface area contributed by atoms with Crippen LogP contribution in [0, 0.1) is 24.0 Å². The van der Waals surface area contributed by atoms with Crippen LogP contribution in [-0.2, 0) is 0 Å². The number of hydrogen-bond donors (Lipinski definition) is 2. The van der Waals surface area contributed by atoms with E-state index in [9.17, 15) is 20.0 Å². The normalized spacial score (nSPS) is 10.8. The summed E-state index contributed by atoms with van der Waals surface area (Å²) < 4.78 is 1.41. The molecule has 1 aromatic carbocycles. The molecule has 0 amide bonds. The molecule has 3 aromatic rings. The fourth-order valence-corrected chi connectivity index (χ4v) is 2.49. The number of rotatable bonds is 4. The molecule has 0 aliphatic heterocycles. The van der Waals surface area contributed by atoms with Crippen molar-refractivity contribution in [3.63, 3.8) is 0 Å². The van der Waals surface area contributed by atoms with E-state index in [1.807, 2.05) is 0 Å². The number of nitro benzene ring substituents is 1. The van der Waals surface area contributed by atoms with Gasteiger partial charge in [-0.25, -0.2) is 14.3 Å². The average molecular weight is 327 g/mol. The lowest BCUT2D eigenvalue weighted by atomic mass is 10.1. The van der Waals surface area contributed by atoms with E-state index in [1.165, 1.54) is 23.1 Å². The second kappa shape index (κ2) is 5.61. The second-order valence-electron chi connectivity index (χ2n) is 5.26. The minimum Gasteiger partial charge on any atom is -0.478 e. The zero-order chi connectivity index (χ0) is 17.4. The predicted octanol–water partition coefficient (Wildman–Crippen LogP) is 2.70. The van der Waals surface area contributed by atoms with Crippen molar-refractivity contribution in [2.75, 3.05) is 5.32 Å². The van der Waals surface area contributed by atoms with E-state index in [0.717, 1.165) is 0 Å². The number of aryl methyl sites for hydroxylation is 2. The number of aromatic nitrogens is 3. The molecule has 24 heavy (non-hydrogen) atoms. The molecule has 122 valence electrons. The maximum absolute atomic E-state index is 11.3. The molecule has 2 heterocycles.